The van der Waals surface area contributed by atoms with E-state index >= 15 is 0 Å². The number of esters is 1. The maximum atomic E-state index is 13.2. The summed E-state index contributed by atoms with van der Waals surface area (Å²) in [5.74, 6) is -6.71. The second kappa shape index (κ2) is 10.6. The van der Waals surface area contributed by atoms with Crippen molar-refractivity contribution in [2.75, 3.05) is 27.2 Å². The van der Waals surface area contributed by atoms with E-state index in [0.29, 0.717) is 12.1 Å². The second-order valence-electron chi connectivity index (χ2n) is 8.34. The Morgan fingerprint density at radius 2 is 1.69 bits per heavy atom. The van der Waals surface area contributed by atoms with Crippen LogP contribution in [0.4, 0.5) is 17.6 Å². The first-order valence-electron chi connectivity index (χ1n) is 10.6. The molecule has 0 aliphatic carbocycles. The Hall–Kier alpha value is -3.55. The number of carboxylic acids is 1. The summed E-state index contributed by atoms with van der Waals surface area (Å²) < 4.78 is 49.8. The van der Waals surface area contributed by atoms with Crippen LogP contribution in [0.25, 0.3) is 0 Å². The summed E-state index contributed by atoms with van der Waals surface area (Å²) in [6.45, 7) is 3.76. The van der Waals surface area contributed by atoms with E-state index in [2.05, 4.69) is 5.32 Å². The van der Waals surface area contributed by atoms with Crippen LogP contribution < -0.4 is 5.32 Å². The number of benzene rings is 1. The second-order valence-corrected chi connectivity index (χ2v) is 8.34. The minimum atomic E-state index is -5.08. The highest BCUT2D eigenvalue weighted by Crippen LogP contribution is 2.43. The first-order chi connectivity index (χ1) is 16.6. The van der Waals surface area contributed by atoms with Crippen LogP contribution in [0.5, 0.6) is 0 Å². The summed E-state index contributed by atoms with van der Waals surface area (Å²) in [7, 11) is 2.61. The lowest BCUT2D eigenvalue weighted by molar-refractivity contribution is -0.192. The Balaban J connectivity index is 0.000000572. The van der Waals surface area contributed by atoms with Gasteiger partial charge in [-0.2, -0.15) is 13.2 Å². The molecule has 2 aliphatic rings. The number of ether oxygens (including phenoxy) is 1. The molecule has 1 aromatic carbocycles. The van der Waals surface area contributed by atoms with Crippen molar-refractivity contribution in [3.8, 4) is 0 Å². The number of hydrogen-bond acceptors (Lipinski definition) is 7. The van der Waals surface area contributed by atoms with E-state index < -0.39 is 59.2 Å². The minimum Gasteiger partial charge on any atom is -0.475 e. The summed E-state index contributed by atoms with van der Waals surface area (Å²) in [4.78, 5) is 62.1. The molecule has 14 heteroatoms. The fourth-order valence-corrected chi connectivity index (χ4v) is 4.34. The van der Waals surface area contributed by atoms with Gasteiger partial charge in [0.1, 0.15) is 11.4 Å². The lowest BCUT2D eigenvalue weighted by atomic mass is 9.81. The van der Waals surface area contributed by atoms with Gasteiger partial charge in [0.25, 0.3) is 5.91 Å². The lowest BCUT2D eigenvalue weighted by Gasteiger charge is -2.30. The monoisotopic (exact) mass is 519 g/mol. The predicted octanol–water partition coefficient (Wildman–Crippen LogP) is 1.06. The third-order valence-electron chi connectivity index (χ3n) is 6.14. The maximum Gasteiger partial charge on any atom is 0.490 e. The summed E-state index contributed by atoms with van der Waals surface area (Å²) in [6.07, 6.45) is -5.08. The number of likely N-dealkylation sites (tertiary alicyclic amines) is 1. The highest BCUT2D eigenvalue weighted by molar-refractivity contribution is 6.09. The van der Waals surface area contributed by atoms with Crippen molar-refractivity contribution in [3.05, 3.63) is 35.6 Å². The molecule has 0 saturated carbocycles. The van der Waals surface area contributed by atoms with Crippen molar-refractivity contribution in [3.63, 3.8) is 0 Å². The molecule has 0 spiro atoms. The van der Waals surface area contributed by atoms with Gasteiger partial charge in [-0.15, -0.1) is 0 Å². The molecule has 1 aromatic rings. The number of likely N-dealkylation sites (N-methyl/N-ethyl adjacent to an activating group) is 1. The average molecular weight is 519 g/mol. The topological polar surface area (TPSA) is 133 Å². The molecule has 0 radical (unpaired) electrons. The molecule has 2 aliphatic heterocycles. The van der Waals surface area contributed by atoms with Crippen LogP contribution in [0.2, 0.25) is 0 Å². The van der Waals surface area contributed by atoms with Crippen LogP contribution in [0, 0.1) is 17.7 Å². The van der Waals surface area contributed by atoms with Crippen LogP contribution in [0.1, 0.15) is 24.2 Å². The number of carbonyl (C=O) groups is 5. The third-order valence-corrected chi connectivity index (χ3v) is 6.14. The molecule has 4 atom stereocenters. The Bertz CT molecular complexity index is 1050. The molecule has 0 bridgehead atoms. The SMILES string of the molecule is CCN(C[C@H]1N[C@@](C)(C(=O)OC)[C@H]2C(=O)N(C)C(=O)[C@@H]12)C(=O)c1ccc(F)cc1.O=C(O)C(F)(F)F. The zero-order chi connectivity index (χ0) is 27.6. The number of methoxy groups -OCH3 is 1. The quantitative estimate of drug-likeness (QED) is 0.335. The van der Waals surface area contributed by atoms with E-state index in [0.717, 1.165) is 4.90 Å². The molecular formula is C22H25F4N3O7. The van der Waals surface area contributed by atoms with Gasteiger partial charge in [-0.1, -0.05) is 0 Å². The van der Waals surface area contributed by atoms with Gasteiger partial charge in [0, 0.05) is 31.7 Å². The largest absolute Gasteiger partial charge is 0.490 e. The van der Waals surface area contributed by atoms with E-state index in [9.17, 15) is 36.7 Å². The van der Waals surface area contributed by atoms with Gasteiger partial charge in [0.05, 0.1) is 18.9 Å². The van der Waals surface area contributed by atoms with Crippen molar-refractivity contribution in [2.24, 2.45) is 11.8 Å². The van der Waals surface area contributed by atoms with E-state index in [4.69, 9.17) is 14.6 Å². The summed E-state index contributed by atoms with van der Waals surface area (Å²) >= 11 is 0. The molecule has 10 nitrogen and oxygen atoms in total. The van der Waals surface area contributed by atoms with Crippen LogP contribution in [0.15, 0.2) is 24.3 Å². The summed E-state index contributed by atoms with van der Waals surface area (Å²) in [5, 5.41) is 10.2. The Morgan fingerprint density at radius 1 is 1.17 bits per heavy atom. The fourth-order valence-electron chi connectivity index (χ4n) is 4.34. The Labute approximate surface area is 203 Å². The Kier molecular flexibility index (Phi) is 8.45. The van der Waals surface area contributed by atoms with Crippen molar-refractivity contribution in [1.82, 2.24) is 15.1 Å². The molecule has 2 N–H and O–H groups in total. The number of nitrogens with one attached hydrogen (secondary N) is 1. The number of carbonyl (C=O) groups excluding carboxylic acids is 4. The smallest absolute Gasteiger partial charge is 0.475 e. The van der Waals surface area contributed by atoms with Crippen molar-refractivity contribution in [2.45, 2.75) is 31.6 Å². The van der Waals surface area contributed by atoms with E-state index in [1.54, 1.807) is 13.8 Å². The summed E-state index contributed by atoms with van der Waals surface area (Å²) in [6, 6.07) is 4.57. The molecule has 2 saturated heterocycles. The van der Waals surface area contributed by atoms with E-state index in [1.165, 1.54) is 43.3 Å². The molecule has 3 rings (SSSR count). The van der Waals surface area contributed by atoms with Gasteiger partial charge in [-0.05, 0) is 38.1 Å². The first-order valence-corrected chi connectivity index (χ1v) is 10.6. The molecule has 3 amide bonds. The molecule has 0 unspecified atom stereocenters. The number of carboxylic acid groups (broad SMARTS) is 1. The van der Waals surface area contributed by atoms with E-state index in [1.807, 2.05) is 0 Å². The zero-order valence-corrected chi connectivity index (χ0v) is 19.8. The number of imide groups is 1. The Morgan fingerprint density at radius 3 is 2.14 bits per heavy atom. The van der Waals surface area contributed by atoms with E-state index in [-0.39, 0.29) is 12.5 Å². The van der Waals surface area contributed by atoms with Crippen LogP contribution in [-0.4, -0.2) is 89.6 Å². The molecule has 198 valence electrons. The van der Waals surface area contributed by atoms with Crippen molar-refractivity contribution >= 4 is 29.7 Å². The van der Waals surface area contributed by atoms with Crippen LogP contribution >= 0.6 is 0 Å². The molecular weight excluding hydrogens is 494 g/mol. The number of nitrogens with zero attached hydrogens (tertiary/aromatic N) is 2. The van der Waals surface area contributed by atoms with Gasteiger partial charge in [0.2, 0.25) is 11.8 Å². The van der Waals surface area contributed by atoms with Crippen LogP contribution in [-0.2, 0) is 23.9 Å². The van der Waals surface area contributed by atoms with Gasteiger partial charge in [0.15, 0.2) is 0 Å². The minimum absolute atomic E-state index is 0.104. The number of amides is 3. The van der Waals surface area contributed by atoms with Gasteiger partial charge >= 0.3 is 18.1 Å². The molecule has 2 heterocycles. The maximum absolute atomic E-state index is 13.2. The fraction of sp³-hybridized carbons (Fsp3) is 0.500. The summed E-state index contributed by atoms with van der Waals surface area (Å²) in [5.41, 5.74) is -1.07. The number of alkyl halides is 3. The van der Waals surface area contributed by atoms with Gasteiger partial charge < -0.3 is 14.7 Å². The number of aliphatic carboxylic acids is 1. The highest BCUT2D eigenvalue weighted by atomic mass is 19.4. The first kappa shape index (κ1) is 28.7. The molecule has 36 heavy (non-hydrogen) atoms. The number of hydrogen-bond donors (Lipinski definition) is 2. The molecule has 0 aromatic heterocycles. The average Bonchev–Trinajstić information content (AvgIpc) is 3.24. The van der Waals surface area contributed by atoms with Gasteiger partial charge in [-0.3, -0.25) is 29.4 Å². The number of rotatable bonds is 5. The van der Waals surface area contributed by atoms with Crippen LogP contribution in [0.3, 0.4) is 0 Å². The van der Waals surface area contributed by atoms with Crippen molar-refractivity contribution < 1.29 is 51.4 Å². The zero-order valence-electron chi connectivity index (χ0n) is 19.8. The number of halogens is 4. The number of fused-ring (bicyclic) bond motifs is 1. The van der Waals surface area contributed by atoms with Crippen molar-refractivity contribution in [1.29, 1.82) is 0 Å². The highest BCUT2D eigenvalue weighted by Gasteiger charge is 2.66. The molecule has 2 fully saturated rings. The normalized spacial score (nSPS) is 25.1. The van der Waals surface area contributed by atoms with Gasteiger partial charge in [-0.25, -0.2) is 9.18 Å². The predicted molar refractivity (Wildman–Crippen MR) is 114 cm³/mol. The third kappa shape index (κ3) is 5.48. The standard InChI is InChI=1S/C20H24FN3O5.C2HF3O2/c1-5-24(16(25)11-6-8-12(21)9-7-11)10-13-14-15(18(27)23(3)17(14)26)20(2,22-13)19(28)29-4;3-2(4,5)1(6)7/h6-9,13-15,22H,5,10H2,1-4H3;(H,6,7)/t13-,14+,15-,20-;/m1./s1. The lowest BCUT2D eigenvalue weighted by Crippen LogP contribution is -2.56.